The van der Waals surface area contributed by atoms with Crippen molar-refractivity contribution < 1.29 is 18.7 Å². The molecule has 1 atom stereocenters. The highest BCUT2D eigenvalue weighted by atomic mass is 79.9. The van der Waals surface area contributed by atoms with Crippen LogP contribution in [0.2, 0.25) is 0 Å². The van der Waals surface area contributed by atoms with E-state index < -0.39 is 18.0 Å². The van der Waals surface area contributed by atoms with Gasteiger partial charge in [0, 0.05) is 6.07 Å². The predicted octanol–water partition coefficient (Wildman–Crippen LogP) is 2.45. The molecule has 0 aliphatic rings. The van der Waals surface area contributed by atoms with E-state index in [9.17, 15) is 9.18 Å². The summed E-state index contributed by atoms with van der Waals surface area (Å²) in [7, 11) is 0. The Labute approximate surface area is 101 Å². The topological polar surface area (TPSA) is 61.6 Å². The second kappa shape index (κ2) is 5.69. The largest absolute Gasteiger partial charge is 0.488 e. The molecule has 0 bridgehead atoms. The molecule has 0 aliphatic heterocycles. The number of amides is 1. The summed E-state index contributed by atoms with van der Waals surface area (Å²) in [5.41, 5.74) is 4.83. The van der Waals surface area contributed by atoms with E-state index in [1.165, 1.54) is 18.2 Å². The van der Waals surface area contributed by atoms with E-state index in [-0.39, 0.29) is 6.61 Å². The van der Waals surface area contributed by atoms with Crippen LogP contribution in [0.25, 0.3) is 0 Å². The van der Waals surface area contributed by atoms with E-state index in [0.717, 1.165) is 0 Å². The van der Waals surface area contributed by atoms with Crippen molar-refractivity contribution in [2.24, 2.45) is 5.73 Å². The molecule has 6 heteroatoms. The second-order valence-electron chi connectivity index (χ2n) is 3.13. The molecule has 1 aromatic rings. The van der Waals surface area contributed by atoms with Crippen molar-refractivity contribution >= 4 is 22.0 Å². The Kier molecular flexibility index (Phi) is 4.54. The molecule has 1 aromatic carbocycles. The van der Waals surface area contributed by atoms with Crippen molar-refractivity contribution in [2.45, 2.75) is 13.0 Å². The highest BCUT2D eigenvalue weighted by molar-refractivity contribution is 9.10. The molecule has 0 radical (unpaired) electrons. The summed E-state index contributed by atoms with van der Waals surface area (Å²) in [6.45, 7) is 1.73. The molecule has 0 saturated carbocycles. The van der Waals surface area contributed by atoms with E-state index in [2.05, 4.69) is 20.7 Å². The minimum atomic E-state index is -0.866. The Hall–Kier alpha value is -1.30. The zero-order chi connectivity index (χ0) is 12.1. The molecule has 0 spiro atoms. The van der Waals surface area contributed by atoms with Crippen LogP contribution in [0, 0.1) is 5.82 Å². The molecular formula is C10H11BrFNO3. The number of carbonyl (C=O) groups excluding carboxylic acids is 1. The summed E-state index contributed by atoms with van der Waals surface area (Å²) in [6.07, 6.45) is -1.36. The van der Waals surface area contributed by atoms with Crippen LogP contribution in [-0.4, -0.2) is 18.8 Å². The lowest BCUT2D eigenvalue weighted by Crippen LogP contribution is -2.25. The average Bonchev–Trinajstić information content (AvgIpc) is 2.18. The van der Waals surface area contributed by atoms with Crippen molar-refractivity contribution in [3.8, 4) is 5.75 Å². The smallest absolute Gasteiger partial charge is 0.404 e. The SMILES string of the molecule is C[C@@H](COc1cc(F)ccc1Br)OC(N)=O. The average molecular weight is 292 g/mol. The summed E-state index contributed by atoms with van der Waals surface area (Å²) in [5.74, 6) is -0.0541. The lowest BCUT2D eigenvalue weighted by Gasteiger charge is -2.13. The summed E-state index contributed by atoms with van der Waals surface area (Å²) < 4.78 is 23.4. The zero-order valence-electron chi connectivity index (χ0n) is 8.57. The molecule has 0 aliphatic carbocycles. The van der Waals surface area contributed by atoms with E-state index in [4.69, 9.17) is 10.5 Å². The first-order chi connectivity index (χ1) is 7.49. The van der Waals surface area contributed by atoms with E-state index in [1.54, 1.807) is 6.92 Å². The fraction of sp³-hybridized carbons (Fsp3) is 0.300. The number of rotatable bonds is 4. The van der Waals surface area contributed by atoms with Crippen LogP contribution in [0.1, 0.15) is 6.92 Å². The first-order valence-electron chi connectivity index (χ1n) is 4.53. The number of nitrogens with two attached hydrogens (primary N) is 1. The molecule has 0 unspecified atom stereocenters. The van der Waals surface area contributed by atoms with Crippen molar-refractivity contribution in [2.75, 3.05) is 6.61 Å². The molecule has 2 N–H and O–H groups in total. The summed E-state index contributed by atoms with van der Waals surface area (Å²) in [4.78, 5) is 10.4. The van der Waals surface area contributed by atoms with Gasteiger partial charge < -0.3 is 15.2 Å². The fourth-order valence-electron chi connectivity index (χ4n) is 1.03. The number of halogens is 2. The van der Waals surface area contributed by atoms with E-state index in [0.29, 0.717) is 10.2 Å². The number of ether oxygens (including phenoxy) is 2. The van der Waals surface area contributed by atoms with Crippen LogP contribution in [0.5, 0.6) is 5.75 Å². The molecule has 1 amide bonds. The maximum atomic E-state index is 12.9. The maximum absolute atomic E-state index is 12.9. The Balaban J connectivity index is 2.54. The van der Waals surface area contributed by atoms with Gasteiger partial charge in [0.15, 0.2) is 0 Å². The third-order valence-corrected chi connectivity index (χ3v) is 2.34. The van der Waals surface area contributed by atoms with Gasteiger partial charge in [-0.3, -0.25) is 0 Å². The van der Waals surface area contributed by atoms with Crippen LogP contribution in [0.15, 0.2) is 22.7 Å². The summed E-state index contributed by atoms with van der Waals surface area (Å²) >= 11 is 3.21. The quantitative estimate of drug-likeness (QED) is 0.927. The minimum Gasteiger partial charge on any atom is -0.488 e. The van der Waals surface area contributed by atoms with E-state index >= 15 is 0 Å². The van der Waals surface area contributed by atoms with Crippen molar-refractivity contribution in [1.82, 2.24) is 0 Å². The molecule has 0 aromatic heterocycles. The first-order valence-corrected chi connectivity index (χ1v) is 5.32. The summed E-state index contributed by atoms with van der Waals surface area (Å²) in [6, 6.07) is 4.08. The standard InChI is InChI=1S/C10H11BrFNO3/c1-6(16-10(13)14)5-15-9-4-7(12)2-3-8(9)11/h2-4,6H,5H2,1H3,(H2,13,14)/t6-/m0/s1. The molecule has 0 heterocycles. The van der Waals surface area contributed by atoms with Gasteiger partial charge in [-0.15, -0.1) is 0 Å². The molecule has 0 fully saturated rings. The number of hydrogen-bond acceptors (Lipinski definition) is 3. The van der Waals surface area contributed by atoms with Crippen molar-refractivity contribution in [1.29, 1.82) is 0 Å². The number of carbonyl (C=O) groups is 1. The van der Waals surface area contributed by atoms with Gasteiger partial charge in [0.2, 0.25) is 0 Å². The van der Waals surface area contributed by atoms with Gasteiger partial charge in [0.25, 0.3) is 0 Å². The fourth-order valence-corrected chi connectivity index (χ4v) is 1.39. The van der Waals surface area contributed by atoms with E-state index in [1.807, 2.05) is 0 Å². The normalized spacial score (nSPS) is 11.9. The Morgan fingerprint density at radius 3 is 2.94 bits per heavy atom. The van der Waals surface area contributed by atoms with Crippen molar-refractivity contribution in [3.63, 3.8) is 0 Å². The van der Waals surface area contributed by atoms with Crippen LogP contribution in [0.4, 0.5) is 9.18 Å². The maximum Gasteiger partial charge on any atom is 0.404 e. The highest BCUT2D eigenvalue weighted by Crippen LogP contribution is 2.25. The van der Waals surface area contributed by atoms with Gasteiger partial charge in [-0.1, -0.05) is 0 Å². The molecular weight excluding hydrogens is 281 g/mol. The summed E-state index contributed by atoms with van der Waals surface area (Å²) in [5, 5.41) is 0. The van der Waals surface area contributed by atoms with Crippen LogP contribution in [-0.2, 0) is 4.74 Å². The molecule has 4 nitrogen and oxygen atoms in total. The monoisotopic (exact) mass is 291 g/mol. The number of primary amides is 1. The third-order valence-electron chi connectivity index (χ3n) is 1.68. The molecule has 1 rings (SSSR count). The minimum absolute atomic E-state index is 0.102. The predicted molar refractivity (Wildman–Crippen MR) is 59.7 cm³/mol. The van der Waals surface area contributed by atoms with Gasteiger partial charge in [0.05, 0.1) is 4.47 Å². The van der Waals surface area contributed by atoms with Crippen molar-refractivity contribution in [3.05, 3.63) is 28.5 Å². The Morgan fingerprint density at radius 2 is 2.31 bits per heavy atom. The second-order valence-corrected chi connectivity index (χ2v) is 3.99. The Morgan fingerprint density at radius 1 is 1.62 bits per heavy atom. The van der Waals surface area contributed by atoms with Crippen LogP contribution < -0.4 is 10.5 Å². The van der Waals surface area contributed by atoms with Gasteiger partial charge >= 0.3 is 6.09 Å². The lowest BCUT2D eigenvalue weighted by atomic mass is 10.3. The van der Waals surface area contributed by atoms with Gasteiger partial charge in [0.1, 0.15) is 24.3 Å². The van der Waals surface area contributed by atoms with Crippen LogP contribution in [0.3, 0.4) is 0 Å². The Bertz CT molecular complexity index is 386. The van der Waals surface area contributed by atoms with Gasteiger partial charge in [-0.2, -0.15) is 0 Å². The molecule has 0 saturated heterocycles. The zero-order valence-corrected chi connectivity index (χ0v) is 10.2. The first kappa shape index (κ1) is 12.8. The van der Waals surface area contributed by atoms with Crippen LogP contribution >= 0.6 is 15.9 Å². The molecule has 16 heavy (non-hydrogen) atoms. The van der Waals surface area contributed by atoms with Gasteiger partial charge in [-0.25, -0.2) is 9.18 Å². The number of hydrogen-bond donors (Lipinski definition) is 1. The molecule has 88 valence electrons. The third kappa shape index (κ3) is 4.06. The lowest BCUT2D eigenvalue weighted by molar-refractivity contribution is 0.0820. The number of benzene rings is 1. The highest BCUT2D eigenvalue weighted by Gasteiger charge is 2.09. The van der Waals surface area contributed by atoms with Gasteiger partial charge in [-0.05, 0) is 35.0 Å².